The van der Waals surface area contributed by atoms with E-state index in [2.05, 4.69) is 15.6 Å². The summed E-state index contributed by atoms with van der Waals surface area (Å²) in [7, 11) is 0. The highest BCUT2D eigenvalue weighted by atomic mass is 35.5. The molecule has 1 aromatic carbocycles. The molecule has 10 heteroatoms. The van der Waals surface area contributed by atoms with E-state index < -0.39 is 29.7 Å². The van der Waals surface area contributed by atoms with Crippen LogP contribution in [-0.2, 0) is 25.8 Å². The van der Waals surface area contributed by atoms with Gasteiger partial charge in [-0.3, -0.25) is 29.1 Å². The number of nitrogens with zero attached hydrogens (tertiary/aromatic N) is 2. The Morgan fingerprint density at radius 1 is 1.23 bits per heavy atom. The standard InChI is InChI=1S/C21H21ClN4O5/c1-12(2)26-18(27)10-16(21(26)30)25-20(29)19(28)24-13-6-7-17(15(22)9-13)31-11-14-5-3-4-8-23-14/h3-9,12,16H,10-11H2,1-2H3,(H,24,28)(H,25,29)/t16-/m0/s1. The number of hydrogen-bond donors (Lipinski definition) is 2. The molecule has 0 saturated carbocycles. The smallest absolute Gasteiger partial charge is 0.313 e. The molecule has 1 saturated heterocycles. The van der Waals surface area contributed by atoms with Crippen molar-refractivity contribution in [3.63, 3.8) is 0 Å². The Morgan fingerprint density at radius 2 is 2.00 bits per heavy atom. The Hall–Kier alpha value is -3.46. The third kappa shape index (κ3) is 5.37. The zero-order chi connectivity index (χ0) is 22.5. The van der Waals surface area contributed by atoms with E-state index in [1.807, 2.05) is 12.1 Å². The maximum atomic E-state index is 12.2. The van der Waals surface area contributed by atoms with Gasteiger partial charge >= 0.3 is 11.8 Å². The molecule has 31 heavy (non-hydrogen) atoms. The van der Waals surface area contributed by atoms with E-state index in [9.17, 15) is 19.2 Å². The molecular weight excluding hydrogens is 424 g/mol. The van der Waals surface area contributed by atoms with Gasteiger partial charge in [-0.25, -0.2) is 0 Å². The normalized spacial score (nSPS) is 15.9. The summed E-state index contributed by atoms with van der Waals surface area (Å²) in [6.45, 7) is 3.61. The van der Waals surface area contributed by atoms with Crippen molar-refractivity contribution in [2.75, 3.05) is 5.32 Å². The minimum atomic E-state index is -1.06. The number of anilines is 1. The number of rotatable bonds is 6. The number of carbonyl (C=O) groups excluding carboxylic acids is 4. The SMILES string of the molecule is CC(C)N1C(=O)C[C@H](NC(=O)C(=O)Nc2ccc(OCc3ccccn3)c(Cl)c2)C1=O. The summed E-state index contributed by atoms with van der Waals surface area (Å²) in [5.74, 6) is -2.54. The average Bonchev–Trinajstić information content (AvgIpc) is 3.01. The first kappa shape index (κ1) is 22.2. The Morgan fingerprint density at radius 3 is 2.61 bits per heavy atom. The largest absolute Gasteiger partial charge is 0.486 e. The van der Waals surface area contributed by atoms with Gasteiger partial charge in [-0.1, -0.05) is 17.7 Å². The van der Waals surface area contributed by atoms with Crippen LogP contribution >= 0.6 is 11.6 Å². The molecule has 9 nitrogen and oxygen atoms in total. The summed E-state index contributed by atoms with van der Waals surface area (Å²) in [6.07, 6.45) is 1.48. The maximum absolute atomic E-state index is 12.2. The van der Waals surface area contributed by atoms with Crippen molar-refractivity contribution >= 4 is 40.9 Å². The fourth-order valence-corrected chi connectivity index (χ4v) is 3.28. The molecule has 2 aromatic rings. The number of carbonyl (C=O) groups is 4. The van der Waals surface area contributed by atoms with E-state index in [0.29, 0.717) is 5.75 Å². The zero-order valence-corrected chi connectivity index (χ0v) is 17.7. The second-order valence-corrected chi connectivity index (χ2v) is 7.54. The number of ether oxygens (including phenoxy) is 1. The molecule has 0 bridgehead atoms. The van der Waals surface area contributed by atoms with E-state index in [1.165, 1.54) is 12.1 Å². The fourth-order valence-electron chi connectivity index (χ4n) is 3.05. The molecule has 2 N–H and O–H groups in total. The lowest BCUT2D eigenvalue weighted by Crippen LogP contribution is -2.47. The second-order valence-electron chi connectivity index (χ2n) is 7.13. The maximum Gasteiger partial charge on any atom is 0.313 e. The van der Waals surface area contributed by atoms with Crippen molar-refractivity contribution < 1.29 is 23.9 Å². The lowest BCUT2D eigenvalue weighted by molar-refractivity contribution is -0.142. The second kappa shape index (κ2) is 9.57. The highest BCUT2D eigenvalue weighted by Crippen LogP contribution is 2.28. The quantitative estimate of drug-likeness (QED) is 0.519. The third-order valence-corrected chi connectivity index (χ3v) is 4.80. The number of likely N-dealkylation sites (tertiary alicyclic amines) is 1. The van der Waals surface area contributed by atoms with Crippen LogP contribution in [0.2, 0.25) is 5.02 Å². The molecular formula is C21H21ClN4O5. The van der Waals surface area contributed by atoms with Gasteiger partial charge in [0, 0.05) is 17.9 Å². The van der Waals surface area contributed by atoms with E-state index in [-0.39, 0.29) is 29.8 Å². The van der Waals surface area contributed by atoms with Gasteiger partial charge in [-0.05, 0) is 44.2 Å². The molecule has 4 amide bonds. The van der Waals surface area contributed by atoms with Gasteiger partial charge in [0.25, 0.3) is 5.91 Å². The van der Waals surface area contributed by atoms with Crippen LogP contribution in [0.5, 0.6) is 5.75 Å². The highest BCUT2D eigenvalue weighted by molar-refractivity contribution is 6.40. The minimum Gasteiger partial charge on any atom is -0.486 e. The van der Waals surface area contributed by atoms with Crippen LogP contribution in [0, 0.1) is 0 Å². The number of aromatic nitrogens is 1. The lowest BCUT2D eigenvalue weighted by atomic mass is 10.2. The van der Waals surface area contributed by atoms with Crippen LogP contribution in [0.15, 0.2) is 42.6 Å². The Balaban J connectivity index is 1.56. The molecule has 1 fully saturated rings. The number of benzene rings is 1. The molecule has 0 aliphatic carbocycles. The van der Waals surface area contributed by atoms with E-state index in [0.717, 1.165) is 10.6 Å². The fraction of sp³-hybridized carbons (Fsp3) is 0.286. The Bertz CT molecular complexity index is 1010. The Kier molecular flexibility index (Phi) is 6.86. The van der Waals surface area contributed by atoms with E-state index in [1.54, 1.807) is 32.2 Å². The predicted molar refractivity (Wildman–Crippen MR) is 112 cm³/mol. The number of halogens is 1. The first-order valence-corrected chi connectivity index (χ1v) is 9.94. The number of nitrogens with one attached hydrogen (secondary N) is 2. The first-order valence-electron chi connectivity index (χ1n) is 9.56. The number of hydrogen-bond acceptors (Lipinski definition) is 6. The number of amides is 4. The van der Waals surface area contributed by atoms with Gasteiger partial charge < -0.3 is 15.4 Å². The van der Waals surface area contributed by atoms with Crippen molar-refractivity contribution in [1.29, 1.82) is 0 Å². The zero-order valence-electron chi connectivity index (χ0n) is 16.9. The number of imide groups is 1. The van der Waals surface area contributed by atoms with Crippen LogP contribution in [-0.4, -0.2) is 45.6 Å². The van der Waals surface area contributed by atoms with Crippen LogP contribution in [0.1, 0.15) is 26.0 Å². The Labute approximate surface area is 183 Å². The average molecular weight is 445 g/mol. The molecule has 1 aliphatic rings. The molecule has 162 valence electrons. The highest BCUT2D eigenvalue weighted by Gasteiger charge is 2.41. The van der Waals surface area contributed by atoms with Crippen molar-refractivity contribution in [2.45, 2.75) is 39.0 Å². The topological polar surface area (TPSA) is 118 Å². The van der Waals surface area contributed by atoms with E-state index >= 15 is 0 Å². The lowest BCUT2D eigenvalue weighted by Gasteiger charge is -2.19. The molecule has 1 atom stereocenters. The summed E-state index contributed by atoms with van der Waals surface area (Å²) < 4.78 is 5.61. The summed E-state index contributed by atoms with van der Waals surface area (Å²) >= 11 is 6.19. The van der Waals surface area contributed by atoms with Gasteiger partial charge in [0.15, 0.2) is 0 Å². The number of pyridine rings is 1. The van der Waals surface area contributed by atoms with Crippen LogP contribution in [0.4, 0.5) is 5.69 Å². The summed E-state index contributed by atoms with van der Waals surface area (Å²) in [5.41, 5.74) is 0.997. The molecule has 0 radical (unpaired) electrons. The summed E-state index contributed by atoms with van der Waals surface area (Å²) in [4.78, 5) is 53.8. The molecule has 0 spiro atoms. The molecule has 3 rings (SSSR count). The van der Waals surface area contributed by atoms with Crippen molar-refractivity contribution in [1.82, 2.24) is 15.2 Å². The van der Waals surface area contributed by atoms with Crippen molar-refractivity contribution in [3.05, 3.63) is 53.3 Å². The molecule has 2 heterocycles. The monoisotopic (exact) mass is 444 g/mol. The van der Waals surface area contributed by atoms with Gasteiger partial charge in [-0.15, -0.1) is 0 Å². The summed E-state index contributed by atoms with van der Waals surface area (Å²) in [5, 5.41) is 4.94. The predicted octanol–water partition coefficient (Wildman–Crippen LogP) is 1.90. The van der Waals surface area contributed by atoms with Crippen LogP contribution in [0.3, 0.4) is 0 Å². The minimum absolute atomic E-state index is 0.176. The van der Waals surface area contributed by atoms with Crippen molar-refractivity contribution in [2.24, 2.45) is 0 Å². The van der Waals surface area contributed by atoms with Crippen molar-refractivity contribution in [3.8, 4) is 5.75 Å². The van der Waals surface area contributed by atoms with Gasteiger partial charge in [-0.2, -0.15) is 0 Å². The van der Waals surface area contributed by atoms with Gasteiger partial charge in [0.05, 0.1) is 17.1 Å². The summed E-state index contributed by atoms with van der Waals surface area (Å²) in [6, 6.07) is 8.58. The first-order chi connectivity index (χ1) is 14.8. The third-order valence-electron chi connectivity index (χ3n) is 4.50. The van der Waals surface area contributed by atoms with E-state index in [4.69, 9.17) is 16.3 Å². The van der Waals surface area contributed by atoms with Gasteiger partial charge in [0.2, 0.25) is 5.91 Å². The molecule has 0 unspecified atom stereocenters. The van der Waals surface area contributed by atoms with Crippen LogP contribution in [0.25, 0.3) is 0 Å². The molecule has 1 aliphatic heterocycles. The van der Waals surface area contributed by atoms with Gasteiger partial charge in [0.1, 0.15) is 18.4 Å². The molecule has 1 aromatic heterocycles. The van der Waals surface area contributed by atoms with Crippen LogP contribution < -0.4 is 15.4 Å².